The molecule has 6 heterocycles. The Morgan fingerprint density at radius 1 is 0.439 bits per heavy atom. The Morgan fingerprint density at radius 3 is 1.23 bits per heavy atom. The number of carbonyl (C=O) groups is 8. The van der Waals surface area contributed by atoms with Crippen molar-refractivity contribution in [1.29, 1.82) is 0 Å². The van der Waals surface area contributed by atoms with Crippen LogP contribution in [-0.4, -0.2) is 278 Å². The maximum absolute atomic E-state index is 12.5. The Morgan fingerprint density at radius 2 is 0.813 bits per heavy atom. The second kappa shape index (κ2) is 45.7. The highest BCUT2D eigenvalue weighted by Crippen LogP contribution is 2.11. The van der Waals surface area contributed by atoms with Gasteiger partial charge in [0, 0.05) is 176 Å². The fourth-order valence-corrected chi connectivity index (χ4v) is 10.8. The summed E-state index contributed by atoms with van der Waals surface area (Å²) >= 11 is 0. The van der Waals surface area contributed by atoms with Gasteiger partial charge in [-0.3, -0.25) is 69.3 Å². The third-order valence-corrected chi connectivity index (χ3v) is 16.2. The number of carbonyl (C=O) groups excluding carboxylic acids is 8. The standard InChI is InChI=1S/C41H68N14O6.C26H35N11O6.3CH3/c1-30-25-34(47-36(57)26-30)48-39(59)42-13-10-19-53(4,5)22-16-52(17-23-54(6,7)20-11-14-43-40(60)49-35-29-33(56)27-31(2)45-35)18-24-55(8,9)21-12-15-44-41(61)51-38-46-32(3)28-37(58)50-38;1-15-10-18(32-21(39)11-15)34-25(42)28-5-8-37(7-4-27-20(38)14-19-30-16(2)12-22(40)33-19)9-6-29-26(43)36-24-31-17(3)13-23(41)35-24;;;/h26-29H,10-25H2,1-9H3,(H5-3,42,43,44,45,46,47,48,49,50,51,56,57,58,59,60,61);11-13H,4-10,14H2,1-3H3,(H,27,38)(H,30,33,40)(H2,28,32,34,39,42)(H3,29,31,35,36,41,43);3*1H3/q;;3*-1/p+3. The van der Waals surface area contributed by atoms with Crippen LogP contribution in [0, 0.1) is 50.0 Å². The highest BCUT2D eigenvalue weighted by molar-refractivity contribution is 6.10. The molecule has 13 amide bonds. The van der Waals surface area contributed by atoms with Gasteiger partial charge >= 0.3 is 30.2 Å². The van der Waals surface area contributed by atoms with E-state index in [1.807, 2.05) is 11.8 Å². The van der Waals surface area contributed by atoms with E-state index in [4.69, 9.17) is 0 Å². The number of aliphatic imine (C=N–C) groups is 2. The quantitative estimate of drug-likeness (QED) is 0.0176. The lowest BCUT2D eigenvalue weighted by Gasteiger charge is -2.37. The number of amidine groups is 2. The first-order valence-corrected chi connectivity index (χ1v) is 34.4. The number of urea groups is 5. The first kappa shape index (κ1) is 92.5. The predicted octanol–water partition coefficient (Wildman–Crippen LogP) is 1.47. The number of likely N-dealkylation sites (N-methyl/N-ethyl adjacent to an activating group) is 3. The molecule has 2 aliphatic heterocycles. The molecule has 0 saturated carbocycles. The fraction of sp³-hybridized carbons (Fsp3) is 0.514. The number of amides is 13. The van der Waals surface area contributed by atoms with E-state index in [0.29, 0.717) is 86.5 Å². The molecular weight excluding hydrogens is 1380 g/mol. The largest absolute Gasteiger partial charge is 0.358 e. The van der Waals surface area contributed by atoms with Gasteiger partial charge < -0.3 is 88.2 Å². The van der Waals surface area contributed by atoms with Gasteiger partial charge in [0.15, 0.2) is 5.43 Å². The van der Waals surface area contributed by atoms with Crippen molar-refractivity contribution in [3.63, 3.8) is 0 Å². The maximum Gasteiger partial charge on any atom is 0.342 e. The molecule has 0 saturated heterocycles. The fourth-order valence-electron chi connectivity index (χ4n) is 10.8. The predicted molar refractivity (Wildman–Crippen MR) is 415 cm³/mol. The van der Waals surface area contributed by atoms with Crippen LogP contribution in [0.3, 0.4) is 0 Å². The minimum absolute atomic E-state index is 0. The maximum atomic E-state index is 12.5. The van der Waals surface area contributed by atoms with E-state index in [-0.39, 0.29) is 112 Å². The van der Waals surface area contributed by atoms with Crippen LogP contribution in [-0.2, 0) is 20.8 Å². The normalized spacial score (nSPS) is 13.5. The Kier molecular flexibility index (Phi) is 39.5. The van der Waals surface area contributed by atoms with Crippen LogP contribution in [0.15, 0.2) is 82.8 Å². The van der Waals surface area contributed by atoms with Crippen molar-refractivity contribution in [2.45, 2.75) is 80.1 Å². The van der Waals surface area contributed by atoms with Crippen LogP contribution in [0.1, 0.15) is 74.6 Å². The number of anilines is 3. The smallest absolute Gasteiger partial charge is 0.342 e. The zero-order valence-electron chi connectivity index (χ0n) is 64.9. The summed E-state index contributed by atoms with van der Waals surface area (Å²) in [6.07, 6.45) is 5.94. The minimum Gasteiger partial charge on any atom is -0.358 e. The molecule has 15 N–H and O–H groups in total. The molecule has 0 bridgehead atoms. The highest BCUT2D eigenvalue weighted by atomic mass is 16.2. The molecule has 0 radical (unpaired) electrons. The molecule has 4 aromatic rings. The number of pyridine rings is 1. The summed E-state index contributed by atoms with van der Waals surface area (Å²) < 4.78 is 2.29. The Hall–Kier alpha value is -10.6. The van der Waals surface area contributed by atoms with Crippen molar-refractivity contribution in [1.82, 2.24) is 87.2 Å². The van der Waals surface area contributed by atoms with Crippen LogP contribution in [0.25, 0.3) is 0 Å². The molecule has 6 rings (SSSR count). The summed E-state index contributed by atoms with van der Waals surface area (Å²) in [6.45, 7) is 21.3. The van der Waals surface area contributed by atoms with Gasteiger partial charge in [0.25, 0.3) is 16.7 Å². The van der Waals surface area contributed by atoms with Crippen molar-refractivity contribution in [3.05, 3.63) is 146 Å². The van der Waals surface area contributed by atoms with Crippen LogP contribution in [0.4, 0.5) is 41.7 Å². The van der Waals surface area contributed by atoms with E-state index < -0.39 is 29.7 Å². The van der Waals surface area contributed by atoms with Crippen LogP contribution >= 0.6 is 0 Å². The number of hydrogen-bond donors (Lipinski definition) is 15. The summed E-state index contributed by atoms with van der Waals surface area (Å²) in [5.41, 5.74) is 2.53. The molecule has 37 nitrogen and oxygen atoms in total. The van der Waals surface area contributed by atoms with Gasteiger partial charge in [-0.15, -0.1) is 0 Å². The summed E-state index contributed by atoms with van der Waals surface area (Å²) in [5.74, 6) is 0.393. The number of aromatic nitrogens is 7. The third kappa shape index (κ3) is 39.3. The Bertz CT molecular complexity index is 3840. The number of aromatic amines is 4. The van der Waals surface area contributed by atoms with Crippen molar-refractivity contribution in [2.75, 3.05) is 176 Å². The Labute approximate surface area is 625 Å². The molecule has 0 unspecified atom stereocenters. The lowest BCUT2D eigenvalue weighted by atomic mass is 10.1. The molecule has 4 aromatic heterocycles. The average Bonchev–Trinajstić information content (AvgIpc) is 0.916. The van der Waals surface area contributed by atoms with Crippen molar-refractivity contribution in [3.8, 4) is 0 Å². The topological polar surface area (TPSA) is 470 Å². The minimum atomic E-state index is -0.616. The molecular formula is C70H115N25O12. The van der Waals surface area contributed by atoms with Gasteiger partial charge in [0.2, 0.25) is 29.6 Å². The molecule has 37 heteroatoms. The zero-order chi connectivity index (χ0) is 76.6. The summed E-state index contributed by atoms with van der Waals surface area (Å²) in [5, 5.41) is 29.6. The van der Waals surface area contributed by atoms with Gasteiger partial charge in [-0.05, 0) is 41.5 Å². The molecule has 0 fully saturated rings. The van der Waals surface area contributed by atoms with E-state index in [9.17, 15) is 57.5 Å². The van der Waals surface area contributed by atoms with E-state index in [0.717, 1.165) is 103 Å². The lowest BCUT2D eigenvalue weighted by Crippen LogP contribution is -2.53. The van der Waals surface area contributed by atoms with Gasteiger partial charge in [0.05, 0.1) is 88.0 Å². The third-order valence-electron chi connectivity index (χ3n) is 16.2. The summed E-state index contributed by atoms with van der Waals surface area (Å²) in [7, 11) is 13.2. The molecule has 0 atom stereocenters. The number of H-pyrrole nitrogens is 4. The first-order valence-electron chi connectivity index (χ1n) is 34.4. The highest BCUT2D eigenvalue weighted by Gasteiger charge is 2.25. The van der Waals surface area contributed by atoms with Crippen molar-refractivity contribution >= 4 is 77.3 Å². The summed E-state index contributed by atoms with van der Waals surface area (Å²) in [4.78, 5) is 179. The lowest BCUT2D eigenvalue weighted by molar-refractivity contribution is -0.895. The number of nitrogens with one attached hydrogen (secondary N) is 15. The zero-order valence-corrected chi connectivity index (χ0v) is 64.9. The number of quaternary nitrogens is 3. The SMILES string of the molecule is CC1=CC(=O)NC(=NC(=O)NCCC[N+](C)(C)CCN(CC[N+](C)(C)CCCNC(=O)Nc2cc(=O)cc(C)[nH]2)CC[N+](C)(C)CCCNC(=O)Nc2nc(C)cc(=O)[nH]2)C1.CC1=CC(=O)NC(=NC(=O)NCCN(CCNC(=O)Cc2nc(C)cc(=O)[nH]2)CCNC(=O)Nc2nc(C)cc(=O)[nH]2)C1.[CH3-].[CH3-].[CH3-]. The van der Waals surface area contributed by atoms with Crippen LogP contribution in [0.2, 0.25) is 0 Å². The molecule has 107 heavy (non-hydrogen) atoms. The average molecular weight is 1500 g/mol. The van der Waals surface area contributed by atoms with Gasteiger partial charge in [0.1, 0.15) is 23.3 Å². The Balaban J connectivity index is 0.000000746. The van der Waals surface area contributed by atoms with Gasteiger partial charge in [-0.1, -0.05) is 11.1 Å². The van der Waals surface area contributed by atoms with Crippen molar-refractivity contribution < 1.29 is 51.8 Å². The van der Waals surface area contributed by atoms with Crippen LogP contribution in [0.5, 0.6) is 0 Å². The molecule has 0 aliphatic carbocycles. The van der Waals surface area contributed by atoms with Gasteiger partial charge in [-0.25, -0.2) is 38.9 Å². The van der Waals surface area contributed by atoms with E-state index in [1.54, 1.807) is 34.6 Å². The number of nitrogens with zero attached hydrogens (tertiary/aromatic N) is 10. The van der Waals surface area contributed by atoms with E-state index in [1.165, 1.54) is 42.5 Å². The monoisotopic (exact) mass is 1500 g/mol. The van der Waals surface area contributed by atoms with Crippen molar-refractivity contribution in [2.24, 2.45) is 9.98 Å². The molecule has 2 aliphatic rings. The number of rotatable bonds is 35. The van der Waals surface area contributed by atoms with Gasteiger partial charge in [-0.2, -0.15) is 9.98 Å². The number of aryl methyl sites for hydroxylation is 4. The first-order chi connectivity index (χ1) is 49.0. The van der Waals surface area contributed by atoms with E-state index >= 15 is 0 Å². The second-order valence-electron chi connectivity index (χ2n) is 27.7. The molecule has 0 spiro atoms. The van der Waals surface area contributed by atoms with E-state index in [2.05, 4.69) is 151 Å². The number of hydrogen-bond acceptors (Lipinski definition) is 17. The summed E-state index contributed by atoms with van der Waals surface area (Å²) in [6, 6.07) is 4.36. The molecule has 592 valence electrons. The molecule has 0 aromatic carbocycles. The second-order valence-corrected chi connectivity index (χ2v) is 27.7. The van der Waals surface area contributed by atoms with Crippen LogP contribution < -0.4 is 80.6 Å².